The van der Waals surface area contributed by atoms with E-state index in [1.807, 2.05) is 18.2 Å². The number of thiocarbonyl (C=S) groups is 1. The second-order valence-corrected chi connectivity index (χ2v) is 8.56. The zero-order valence-electron chi connectivity index (χ0n) is 19.7. The summed E-state index contributed by atoms with van der Waals surface area (Å²) in [5.41, 5.74) is 4.00. The lowest BCUT2D eigenvalue weighted by atomic mass is 9.98. The van der Waals surface area contributed by atoms with Crippen molar-refractivity contribution < 1.29 is 18.9 Å². The lowest BCUT2D eigenvalue weighted by Gasteiger charge is -2.10. The van der Waals surface area contributed by atoms with Crippen LogP contribution in [0.25, 0.3) is 22.6 Å². The Balaban J connectivity index is 1.34. The van der Waals surface area contributed by atoms with Crippen molar-refractivity contribution >= 4 is 45.7 Å². The van der Waals surface area contributed by atoms with Gasteiger partial charge < -0.3 is 14.5 Å². The van der Waals surface area contributed by atoms with Gasteiger partial charge in [-0.3, -0.25) is 20.2 Å². The summed E-state index contributed by atoms with van der Waals surface area (Å²) in [6, 6.07) is 19.2. The van der Waals surface area contributed by atoms with E-state index in [1.54, 1.807) is 18.2 Å². The highest BCUT2D eigenvalue weighted by Crippen LogP contribution is 2.29. The number of nitro benzene ring substituents is 1. The van der Waals surface area contributed by atoms with Gasteiger partial charge in [0.2, 0.25) is 5.89 Å². The average molecular weight is 505 g/mol. The molecule has 1 aromatic heterocycles. The second-order valence-electron chi connectivity index (χ2n) is 8.15. The van der Waals surface area contributed by atoms with E-state index in [2.05, 4.69) is 41.6 Å². The van der Waals surface area contributed by atoms with Gasteiger partial charge >= 0.3 is 5.69 Å². The molecule has 0 radical (unpaired) electrons. The van der Waals surface area contributed by atoms with Gasteiger partial charge in [0.25, 0.3) is 5.91 Å². The summed E-state index contributed by atoms with van der Waals surface area (Å²) in [7, 11) is 0. The van der Waals surface area contributed by atoms with Crippen LogP contribution < -0.4 is 15.4 Å². The molecule has 10 heteroatoms. The second kappa shape index (κ2) is 11.0. The number of nitrogens with zero attached hydrogens (tertiary/aromatic N) is 2. The number of anilines is 1. The molecule has 0 fully saturated rings. The molecule has 0 bridgehead atoms. The van der Waals surface area contributed by atoms with E-state index in [1.165, 1.54) is 23.8 Å². The van der Waals surface area contributed by atoms with Crippen molar-refractivity contribution in [2.75, 3.05) is 11.9 Å². The molecule has 0 aliphatic carbocycles. The van der Waals surface area contributed by atoms with Crippen LogP contribution in [-0.2, 0) is 4.79 Å². The molecular formula is C26H24N4O5S. The third-order valence-corrected chi connectivity index (χ3v) is 5.86. The van der Waals surface area contributed by atoms with Crippen LogP contribution in [0.1, 0.15) is 31.7 Å². The van der Waals surface area contributed by atoms with E-state index in [-0.39, 0.29) is 16.5 Å². The molecule has 0 aliphatic rings. The van der Waals surface area contributed by atoms with Gasteiger partial charge in [0, 0.05) is 17.3 Å². The first-order valence-corrected chi connectivity index (χ1v) is 11.7. The van der Waals surface area contributed by atoms with Crippen molar-refractivity contribution in [2.45, 2.75) is 26.2 Å². The zero-order chi connectivity index (χ0) is 25.7. The highest BCUT2D eigenvalue weighted by Gasteiger charge is 2.16. The van der Waals surface area contributed by atoms with E-state index in [0.29, 0.717) is 17.5 Å². The zero-order valence-corrected chi connectivity index (χ0v) is 20.5. The van der Waals surface area contributed by atoms with Crippen molar-refractivity contribution in [3.05, 3.63) is 82.4 Å². The molecule has 4 aromatic rings. The fourth-order valence-electron chi connectivity index (χ4n) is 3.50. The van der Waals surface area contributed by atoms with Gasteiger partial charge in [-0.15, -0.1) is 0 Å². The van der Waals surface area contributed by atoms with Crippen molar-refractivity contribution in [2.24, 2.45) is 0 Å². The van der Waals surface area contributed by atoms with Crippen molar-refractivity contribution in [3.63, 3.8) is 0 Å². The molecule has 1 atom stereocenters. The lowest BCUT2D eigenvalue weighted by molar-refractivity contribution is -0.385. The van der Waals surface area contributed by atoms with Gasteiger partial charge in [-0.1, -0.05) is 32.0 Å². The van der Waals surface area contributed by atoms with Crippen LogP contribution in [0.5, 0.6) is 5.75 Å². The summed E-state index contributed by atoms with van der Waals surface area (Å²) >= 11 is 5.19. The Morgan fingerprint density at radius 2 is 1.92 bits per heavy atom. The van der Waals surface area contributed by atoms with Crippen LogP contribution in [0.3, 0.4) is 0 Å². The molecule has 4 rings (SSSR count). The van der Waals surface area contributed by atoms with Crippen LogP contribution in [0.4, 0.5) is 11.4 Å². The molecular weight excluding hydrogens is 480 g/mol. The number of nitrogens with one attached hydrogen (secondary N) is 2. The van der Waals surface area contributed by atoms with Crippen LogP contribution in [-0.4, -0.2) is 27.5 Å². The fourth-order valence-corrected chi connectivity index (χ4v) is 3.74. The molecule has 0 saturated carbocycles. The number of aromatic nitrogens is 1. The van der Waals surface area contributed by atoms with Crippen LogP contribution in [0.2, 0.25) is 0 Å². The highest BCUT2D eigenvalue weighted by molar-refractivity contribution is 7.80. The number of ether oxygens (including phenoxy) is 1. The minimum absolute atomic E-state index is 0.00223. The summed E-state index contributed by atoms with van der Waals surface area (Å²) in [5.74, 6) is 0.418. The van der Waals surface area contributed by atoms with Crippen molar-refractivity contribution in [1.29, 1.82) is 0 Å². The van der Waals surface area contributed by atoms with E-state index in [9.17, 15) is 14.9 Å². The maximum Gasteiger partial charge on any atom is 0.310 e. The molecule has 2 N–H and O–H groups in total. The number of rotatable bonds is 8. The predicted octanol–water partition coefficient (Wildman–Crippen LogP) is 5.81. The summed E-state index contributed by atoms with van der Waals surface area (Å²) < 4.78 is 11.2. The molecule has 184 valence electrons. The number of hydrogen-bond donors (Lipinski definition) is 2. The van der Waals surface area contributed by atoms with E-state index < -0.39 is 17.4 Å². The molecule has 0 spiro atoms. The number of carbonyl (C=O) groups excluding carboxylic acids is 1. The Kier molecular flexibility index (Phi) is 7.55. The van der Waals surface area contributed by atoms with Crippen LogP contribution >= 0.6 is 12.2 Å². The SMILES string of the molecule is CCC(C)c1ccc2oc(-c3ccc(NC(=S)NC(=O)COc4ccccc4[N+](=O)[O-])cc3)nc2c1. The number of benzene rings is 3. The van der Waals surface area contributed by atoms with Gasteiger partial charge in [-0.25, -0.2) is 4.98 Å². The fraction of sp³-hybridized carbons (Fsp3) is 0.192. The van der Waals surface area contributed by atoms with Crippen molar-refractivity contribution in [1.82, 2.24) is 10.3 Å². The van der Waals surface area contributed by atoms with Crippen LogP contribution in [0.15, 0.2) is 71.1 Å². The Hall–Kier alpha value is -4.31. The van der Waals surface area contributed by atoms with Gasteiger partial charge in [0.1, 0.15) is 5.52 Å². The third-order valence-electron chi connectivity index (χ3n) is 5.66. The van der Waals surface area contributed by atoms with E-state index in [0.717, 1.165) is 23.1 Å². The minimum Gasteiger partial charge on any atom is -0.477 e. The van der Waals surface area contributed by atoms with E-state index >= 15 is 0 Å². The quantitative estimate of drug-likeness (QED) is 0.175. The van der Waals surface area contributed by atoms with Gasteiger partial charge in [0.05, 0.1) is 4.92 Å². The highest BCUT2D eigenvalue weighted by atomic mass is 32.1. The number of amides is 1. The molecule has 9 nitrogen and oxygen atoms in total. The van der Waals surface area contributed by atoms with Gasteiger partial charge in [-0.2, -0.15) is 0 Å². The molecule has 1 heterocycles. The number of hydrogen-bond acceptors (Lipinski definition) is 7. The first-order valence-electron chi connectivity index (χ1n) is 11.3. The molecule has 1 unspecified atom stereocenters. The predicted molar refractivity (Wildman–Crippen MR) is 141 cm³/mol. The van der Waals surface area contributed by atoms with E-state index in [4.69, 9.17) is 21.4 Å². The maximum atomic E-state index is 12.2. The number of fused-ring (bicyclic) bond motifs is 1. The first kappa shape index (κ1) is 24.8. The van der Waals surface area contributed by atoms with Crippen molar-refractivity contribution in [3.8, 4) is 17.2 Å². The average Bonchev–Trinajstić information content (AvgIpc) is 3.31. The largest absolute Gasteiger partial charge is 0.477 e. The molecule has 0 aliphatic heterocycles. The summed E-state index contributed by atoms with van der Waals surface area (Å²) in [5, 5.41) is 16.5. The smallest absolute Gasteiger partial charge is 0.310 e. The number of nitro groups is 1. The lowest BCUT2D eigenvalue weighted by Crippen LogP contribution is -2.37. The Morgan fingerprint density at radius 3 is 2.64 bits per heavy atom. The standard InChI is InChI=1S/C26H24N4O5S/c1-3-16(2)18-10-13-22-20(14-18)28-25(35-22)17-8-11-19(12-9-17)27-26(36)29-24(31)15-34-23-7-5-4-6-21(23)30(32)33/h4-14,16H,3,15H2,1-2H3,(H2,27,29,31,36). The number of oxazole rings is 1. The molecule has 1 amide bonds. The first-order chi connectivity index (χ1) is 17.3. The summed E-state index contributed by atoms with van der Waals surface area (Å²) in [6.45, 7) is 3.91. The normalized spacial score (nSPS) is 11.6. The Morgan fingerprint density at radius 1 is 1.17 bits per heavy atom. The Labute approximate surface area is 212 Å². The monoisotopic (exact) mass is 504 g/mol. The topological polar surface area (TPSA) is 120 Å². The molecule has 0 saturated heterocycles. The third kappa shape index (κ3) is 5.84. The van der Waals surface area contributed by atoms with Gasteiger partial charge in [0.15, 0.2) is 23.1 Å². The number of para-hydroxylation sites is 2. The number of carbonyl (C=O) groups is 1. The summed E-state index contributed by atoms with van der Waals surface area (Å²) in [6.07, 6.45) is 1.05. The van der Waals surface area contributed by atoms with Crippen LogP contribution in [0, 0.1) is 10.1 Å². The maximum absolute atomic E-state index is 12.2. The van der Waals surface area contributed by atoms with Gasteiger partial charge in [-0.05, 0) is 72.6 Å². The Bertz CT molecular complexity index is 1420. The molecule has 36 heavy (non-hydrogen) atoms. The minimum atomic E-state index is -0.575. The molecule has 3 aromatic carbocycles. The summed E-state index contributed by atoms with van der Waals surface area (Å²) in [4.78, 5) is 27.2.